The van der Waals surface area contributed by atoms with Crippen molar-refractivity contribution in [3.63, 3.8) is 0 Å². The smallest absolute Gasteiger partial charge is 0.474 e. The Hall–Kier alpha value is -4.64. The van der Waals surface area contributed by atoms with Gasteiger partial charge in [0.15, 0.2) is 0 Å². The van der Waals surface area contributed by atoms with Crippen LogP contribution < -0.4 is 10.00 Å². The molecular weight excluding hydrogens is 456 g/mol. The van der Waals surface area contributed by atoms with Gasteiger partial charge in [-0.3, -0.25) is 4.79 Å². The highest BCUT2D eigenvalue weighted by Crippen LogP contribution is 2.48. The zero-order chi connectivity index (χ0) is 25.3. The Labute approximate surface area is 207 Å². The lowest BCUT2D eigenvalue weighted by molar-refractivity contribution is -0.717. The molecule has 1 atom stereocenters. The molecule has 1 aliphatic carbocycles. The van der Waals surface area contributed by atoms with E-state index in [1.54, 1.807) is 18.7 Å². The maximum Gasteiger partial charge on any atom is 0.474 e. The standard InChI is InChI=1S/C28H24N4O4/c1-18(20-6-4-3-5-7-20)36-27(35)29-25-24(30-31-32(25)2)13-9-19-8-10-22-17-23(12-11-21(22)16-19)28(14-15-28)26(33)34/h3-8,10-12,16-18H,14-15H2,1-2H3,(H2,29,31,33,34,35)/p+1/t18-/m1/s1. The van der Waals surface area contributed by atoms with Crippen LogP contribution >= 0.6 is 0 Å². The first-order valence-electron chi connectivity index (χ1n) is 11.6. The summed E-state index contributed by atoms with van der Waals surface area (Å²) in [4.78, 5) is 24.1. The highest BCUT2D eigenvalue weighted by molar-refractivity contribution is 5.90. The largest absolute Gasteiger partial charge is 0.481 e. The molecular formula is C28H25N4O4+. The van der Waals surface area contributed by atoms with Crippen LogP contribution in [-0.4, -0.2) is 27.5 Å². The van der Waals surface area contributed by atoms with Gasteiger partial charge < -0.3 is 9.84 Å². The summed E-state index contributed by atoms with van der Waals surface area (Å²) >= 11 is 0. The van der Waals surface area contributed by atoms with Crippen molar-refractivity contribution in [2.24, 2.45) is 7.05 Å². The van der Waals surface area contributed by atoms with Gasteiger partial charge in [0.05, 0.1) is 12.5 Å². The maximum absolute atomic E-state index is 12.5. The lowest BCUT2D eigenvalue weighted by Crippen LogP contribution is -2.35. The normalized spacial score (nSPS) is 14.4. The van der Waals surface area contributed by atoms with Crippen LogP contribution in [0.3, 0.4) is 0 Å². The Bertz CT molecular complexity index is 1530. The van der Waals surface area contributed by atoms with Crippen LogP contribution in [0.4, 0.5) is 10.6 Å². The zero-order valence-electron chi connectivity index (χ0n) is 19.9. The van der Waals surface area contributed by atoms with Crippen LogP contribution in [0.25, 0.3) is 10.8 Å². The minimum atomic E-state index is -0.765. The summed E-state index contributed by atoms with van der Waals surface area (Å²) in [5.74, 6) is 5.72. The molecule has 3 aromatic carbocycles. The third-order valence-corrected chi connectivity index (χ3v) is 6.52. The second-order valence-electron chi connectivity index (χ2n) is 8.97. The van der Waals surface area contributed by atoms with Crippen LogP contribution in [0.5, 0.6) is 0 Å². The average Bonchev–Trinajstić information content (AvgIpc) is 3.63. The van der Waals surface area contributed by atoms with Gasteiger partial charge >= 0.3 is 17.9 Å². The van der Waals surface area contributed by atoms with Crippen LogP contribution in [0.2, 0.25) is 0 Å². The lowest BCUT2D eigenvalue weighted by atomic mass is 9.93. The maximum atomic E-state index is 12.5. The topological polar surface area (TPSA) is 108 Å². The molecule has 0 aliphatic heterocycles. The number of benzene rings is 3. The number of amides is 1. The molecule has 8 heteroatoms. The number of aromatic amines is 1. The number of ether oxygens (including phenoxy) is 1. The van der Waals surface area contributed by atoms with E-state index in [1.165, 1.54) is 0 Å². The van der Waals surface area contributed by atoms with Gasteiger partial charge in [0, 0.05) is 5.56 Å². The van der Waals surface area contributed by atoms with Crippen molar-refractivity contribution in [3.8, 4) is 11.8 Å². The van der Waals surface area contributed by atoms with E-state index in [-0.39, 0.29) is 0 Å². The second-order valence-corrected chi connectivity index (χ2v) is 8.97. The number of rotatable bonds is 5. The van der Waals surface area contributed by atoms with E-state index in [2.05, 4.69) is 27.5 Å². The van der Waals surface area contributed by atoms with E-state index in [0.29, 0.717) is 24.4 Å². The first kappa shape index (κ1) is 23.1. The highest BCUT2D eigenvalue weighted by atomic mass is 16.6. The van der Waals surface area contributed by atoms with Gasteiger partial charge in [-0.2, -0.15) is 4.68 Å². The molecule has 1 fully saturated rings. The summed E-state index contributed by atoms with van der Waals surface area (Å²) < 4.78 is 7.05. The van der Waals surface area contributed by atoms with E-state index in [1.807, 2.05) is 66.7 Å². The summed E-state index contributed by atoms with van der Waals surface area (Å²) in [5.41, 5.74) is 2.14. The molecule has 4 aromatic rings. The van der Waals surface area contributed by atoms with Crippen molar-refractivity contribution in [1.29, 1.82) is 0 Å². The number of carboxylic acids is 1. The lowest BCUT2D eigenvalue weighted by Gasteiger charge is -2.11. The molecule has 0 radical (unpaired) electrons. The van der Waals surface area contributed by atoms with Gasteiger partial charge in [0.1, 0.15) is 6.10 Å². The Morgan fingerprint density at radius 2 is 1.81 bits per heavy atom. The highest BCUT2D eigenvalue weighted by Gasteiger charge is 2.51. The number of aliphatic carboxylic acids is 1. The average molecular weight is 482 g/mol. The monoisotopic (exact) mass is 481 g/mol. The number of carbonyl (C=O) groups is 2. The van der Waals surface area contributed by atoms with E-state index >= 15 is 0 Å². The Balaban J connectivity index is 1.32. The SMILES string of the molecule is C[C@@H](OC(=O)Nc1c(C#Cc2ccc3cc(C4(C(=O)O)CC4)ccc3c2)n[nH][n+]1C)c1ccccc1. The predicted molar refractivity (Wildman–Crippen MR) is 133 cm³/mol. The third-order valence-electron chi connectivity index (χ3n) is 6.52. The molecule has 1 amide bonds. The van der Waals surface area contributed by atoms with Crippen LogP contribution in [0, 0.1) is 11.8 Å². The van der Waals surface area contributed by atoms with Gasteiger partial charge in [-0.25, -0.2) is 10.1 Å². The van der Waals surface area contributed by atoms with Crippen molar-refractivity contribution in [2.45, 2.75) is 31.3 Å². The molecule has 0 bridgehead atoms. The first-order valence-corrected chi connectivity index (χ1v) is 11.6. The Morgan fingerprint density at radius 3 is 2.53 bits per heavy atom. The molecule has 0 spiro atoms. The molecule has 1 aromatic heterocycles. The molecule has 0 saturated heterocycles. The zero-order valence-corrected chi connectivity index (χ0v) is 19.9. The minimum Gasteiger partial charge on any atom is -0.481 e. The van der Waals surface area contributed by atoms with E-state index < -0.39 is 23.6 Å². The molecule has 1 heterocycles. The van der Waals surface area contributed by atoms with Gasteiger partial charge in [-0.05, 0) is 64.8 Å². The summed E-state index contributed by atoms with van der Waals surface area (Å²) in [7, 11) is 1.71. The quantitative estimate of drug-likeness (QED) is 0.292. The molecule has 8 nitrogen and oxygen atoms in total. The van der Waals surface area contributed by atoms with Gasteiger partial charge in [0.25, 0.3) is 5.69 Å². The fourth-order valence-electron chi connectivity index (χ4n) is 4.20. The molecule has 0 unspecified atom stereocenters. The summed E-state index contributed by atoms with van der Waals surface area (Å²) in [6.45, 7) is 1.81. The summed E-state index contributed by atoms with van der Waals surface area (Å²) in [6, 6.07) is 21.0. The fourth-order valence-corrected chi connectivity index (χ4v) is 4.20. The molecule has 36 heavy (non-hydrogen) atoms. The van der Waals surface area contributed by atoms with Crippen LogP contribution in [0.1, 0.15) is 48.3 Å². The van der Waals surface area contributed by atoms with E-state index in [4.69, 9.17) is 4.74 Å². The number of aromatic nitrogens is 3. The van der Waals surface area contributed by atoms with E-state index in [0.717, 1.165) is 27.5 Å². The summed E-state index contributed by atoms with van der Waals surface area (Å²) in [6.07, 6.45) is 0.324. The number of carboxylic acid groups (broad SMARTS) is 1. The van der Waals surface area contributed by atoms with Gasteiger partial charge in [0.2, 0.25) is 0 Å². The fraction of sp³-hybridized carbons (Fsp3) is 0.214. The predicted octanol–water partition coefficient (Wildman–Crippen LogP) is 4.21. The van der Waals surface area contributed by atoms with Gasteiger partial charge in [-0.1, -0.05) is 60.5 Å². The Kier molecular flexibility index (Phi) is 5.90. The number of carbonyl (C=O) groups excluding carboxylic acids is 1. The third kappa shape index (κ3) is 4.51. The number of nitrogens with zero attached hydrogens (tertiary/aromatic N) is 2. The second kappa shape index (κ2) is 9.19. The van der Waals surface area contributed by atoms with Crippen molar-refractivity contribution >= 4 is 28.7 Å². The van der Waals surface area contributed by atoms with Crippen LogP contribution in [0.15, 0.2) is 66.7 Å². The number of nitrogens with one attached hydrogen (secondary N) is 2. The van der Waals surface area contributed by atoms with Crippen molar-refractivity contribution in [1.82, 2.24) is 10.3 Å². The number of aryl methyl sites for hydroxylation is 1. The van der Waals surface area contributed by atoms with Gasteiger partial charge in [-0.15, -0.1) is 5.21 Å². The molecule has 1 saturated carbocycles. The van der Waals surface area contributed by atoms with Crippen molar-refractivity contribution in [3.05, 3.63) is 89.1 Å². The number of hydrogen-bond acceptors (Lipinski definition) is 4. The number of anilines is 1. The van der Waals surface area contributed by atoms with Crippen molar-refractivity contribution in [2.75, 3.05) is 5.32 Å². The van der Waals surface area contributed by atoms with E-state index in [9.17, 15) is 14.7 Å². The first-order chi connectivity index (χ1) is 17.4. The molecule has 5 rings (SSSR count). The van der Waals surface area contributed by atoms with Crippen molar-refractivity contribution < 1.29 is 24.1 Å². The molecule has 180 valence electrons. The number of H-pyrrole nitrogens is 1. The minimum absolute atomic E-state index is 0.370. The van der Waals surface area contributed by atoms with Crippen LogP contribution in [-0.2, 0) is 22.0 Å². The number of fused-ring (bicyclic) bond motifs is 1. The molecule has 3 N–H and O–H groups in total. The number of hydrogen-bond donors (Lipinski definition) is 3. The summed E-state index contributed by atoms with van der Waals surface area (Å²) in [5, 5.41) is 21.2. The Morgan fingerprint density at radius 1 is 1.08 bits per heavy atom. The molecule has 1 aliphatic rings.